The van der Waals surface area contributed by atoms with Crippen LogP contribution in [0.15, 0.2) is 58.4 Å². The number of ether oxygens (including phenoxy) is 2. The average molecular weight is 435 g/mol. The number of benzene rings is 2. The molecule has 164 valence electrons. The standard InChI is InChI=1S/C21H30N4O4S/c1-16-9-11-18(12-10-16)30(26,27)25-14-13-23-21(22-3)24-15-17(2)29-20-8-6-5-7-19(20)28-4/h5-12,17,25H,13-15H2,1-4H3,(H2,22,23,24). The van der Waals surface area contributed by atoms with Crippen LogP contribution in [-0.2, 0) is 10.0 Å². The van der Waals surface area contributed by atoms with E-state index in [1.165, 1.54) is 0 Å². The normalized spacial score (nSPS) is 12.9. The fraction of sp³-hybridized carbons (Fsp3) is 0.381. The third-order valence-electron chi connectivity index (χ3n) is 4.22. The van der Waals surface area contributed by atoms with Gasteiger partial charge in [-0.2, -0.15) is 0 Å². The topological polar surface area (TPSA) is 101 Å². The molecule has 0 amide bonds. The Morgan fingerprint density at radius 3 is 2.33 bits per heavy atom. The number of nitrogens with zero attached hydrogens (tertiary/aromatic N) is 1. The first kappa shape index (κ1) is 23.5. The van der Waals surface area contributed by atoms with Crippen molar-refractivity contribution in [3.63, 3.8) is 0 Å². The number of hydrogen-bond acceptors (Lipinski definition) is 5. The largest absolute Gasteiger partial charge is 0.493 e. The predicted molar refractivity (Wildman–Crippen MR) is 119 cm³/mol. The van der Waals surface area contributed by atoms with E-state index in [1.807, 2.05) is 38.1 Å². The Balaban J connectivity index is 1.75. The van der Waals surface area contributed by atoms with Gasteiger partial charge in [0.05, 0.1) is 18.6 Å². The number of hydrogen-bond donors (Lipinski definition) is 3. The van der Waals surface area contributed by atoms with E-state index >= 15 is 0 Å². The summed E-state index contributed by atoms with van der Waals surface area (Å²) in [4.78, 5) is 4.39. The molecule has 1 atom stereocenters. The lowest BCUT2D eigenvalue weighted by Crippen LogP contribution is -2.44. The molecule has 2 aromatic rings. The second kappa shape index (κ2) is 11.4. The molecule has 0 radical (unpaired) electrons. The summed E-state index contributed by atoms with van der Waals surface area (Å²) in [6.45, 7) is 4.96. The Bertz CT molecular complexity index is 930. The molecule has 0 heterocycles. The summed E-state index contributed by atoms with van der Waals surface area (Å²) in [6, 6.07) is 14.2. The maximum Gasteiger partial charge on any atom is 0.240 e. The van der Waals surface area contributed by atoms with Crippen molar-refractivity contribution in [1.29, 1.82) is 0 Å². The molecular weight excluding hydrogens is 404 g/mol. The molecule has 0 bridgehead atoms. The Morgan fingerprint density at radius 2 is 1.70 bits per heavy atom. The minimum absolute atomic E-state index is 0.139. The molecule has 0 saturated heterocycles. The zero-order chi connectivity index (χ0) is 22.0. The first-order valence-corrected chi connectivity index (χ1v) is 11.1. The van der Waals surface area contributed by atoms with Gasteiger partial charge in [0.25, 0.3) is 0 Å². The molecule has 9 heteroatoms. The smallest absolute Gasteiger partial charge is 0.240 e. The summed E-state index contributed by atoms with van der Waals surface area (Å²) in [5.74, 6) is 1.90. The van der Waals surface area contributed by atoms with Gasteiger partial charge in [0.2, 0.25) is 10.0 Å². The lowest BCUT2D eigenvalue weighted by Gasteiger charge is -2.19. The van der Waals surface area contributed by atoms with E-state index in [9.17, 15) is 8.42 Å². The van der Waals surface area contributed by atoms with Crippen molar-refractivity contribution in [1.82, 2.24) is 15.4 Å². The van der Waals surface area contributed by atoms with Gasteiger partial charge >= 0.3 is 0 Å². The predicted octanol–water partition coefficient (Wildman–Crippen LogP) is 1.91. The number of rotatable bonds is 10. The molecule has 0 aromatic heterocycles. The van der Waals surface area contributed by atoms with Crippen LogP contribution in [0.3, 0.4) is 0 Å². The minimum Gasteiger partial charge on any atom is -0.493 e. The molecule has 0 saturated carbocycles. The molecule has 0 aliphatic rings. The molecule has 2 aromatic carbocycles. The van der Waals surface area contributed by atoms with Crippen molar-refractivity contribution in [3.05, 3.63) is 54.1 Å². The quantitative estimate of drug-likeness (QED) is 0.300. The van der Waals surface area contributed by atoms with Crippen molar-refractivity contribution in [2.24, 2.45) is 4.99 Å². The molecule has 0 aliphatic carbocycles. The monoisotopic (exact) mass is 434 g/mol. The van der Waals surface area contributed by atoms with E-state index in [0.29, 0.717) is 30.5 Å². The van der Waals surface area contributed by atoms with Crippen molar-refractivity contribution in [2.45, 2.75) is 24.8 Å². The molecular formula is C21H30N4O4S. The molecule has 0 aliphatic heterocycles. The second-order valence-electron chi connectivity index (χ2n) is 6.67. The third-order valence-corrected chi connectivity index (χ3v) is 5.70. The molecule has 0 spiro atoms. The molecule has 0 fully saturated rings. The lowest BCUT2D eigenvalue weighted by atomic mass is 10.2. The number of sulfonamides is 1. The van der Waals surface area contributed by atoms with Crippen molar-refractivity contribution in [3.8, 4) is 11.5 Å². The van der Waals surface area contributed by atoms with Crippen LogP contribution in [0.4, 0.5) is 0 Å². The van der Waals surface area contributed by atoms with E-state index < -0.39 is 10.0 Å². The van der Waals surface area contributed by atoms with E-state index in [4.69, 9.17) is 9.47 Å². The zero-order valence-electron chi connectivity index (χ0n) is 17.8. The van der Waals surface area contributed by atoms with Crippen LogP contribution in [0.2, 0.25) is 0 Å². The van der Waals surface area contributed by atoms with Gasteiger partial charge in [0.15, 0.2) is 17.5 Å². The number of para-hydroxylation sites is 2. The van der Waals surface area contributed by atoms with Crippen molar-refractivity contribution >= 4 is 16.0 Å². The summed E-state index contributed by atoms with van der Waals surface area (Å²) in [5.41, 5.74) is 1.01. The highest BCUT2D eigenvalue weighted by molar-refractivity contribution is 7.89. The minimum atomic E-state index is -3.53. The number of nitrogens with one attached hydrogen (secondary N) is 3. The van der Waals surface area contributed by atoms with Gasteiger partial charge < -0.3 is 20.1 Å². The van der Waals surface area contributed by atoms with Crippen LogP contribution in [0, 0.1) is 6.92 Å². The fourth-order valence-electron chi connectivity index (χ4n) is 2.60. The van der Waals surface area contributed by atoms with Gasteiger partial charge in [-0.3, -0.25) is 4.99 Å². The van der Waals surface area contributed by atoms with E-state index in [2.05, 4.69) is 20.3 Å². The number of guanidine groups is 1. The average Bonchev–Trinajstić information content (AvgIpc) is 2.74. The molecule has 1 unspecified atom stereocenters. The van der Waals surface area contributed by atoms with Crippen LogP contribution in [0.5, 0.6) is 11.5 Å². The van der Waals surface area contributed by atoms with Crippen LogP contribution in [0.1, 0.15) is 12.5 Å². The number of aryl methyl sites for hydroxylation is 1. The molecule has 8 nitrogen and oxygen atoms in total. The Labute approximate surface area is 178 Å². The van der Waals surface area contributed by atoms with Gasteiger partial charge in [-0.1, -0.05) is 29.8 Å². The first-order valence-electron chi connectivity index (χ1n) is 9.66. The highest BCUT2D eigenvalue weighted by Gasteiger charge is 2.13. The van der Waals surface area contributed by atoms with Crippen LogP contribution < -0.4 is 24.8 Å². The summed E-state index contributed by atoms with van der Waals surface area (Å²) in [6.07, 6.45) is -0.139. The fourth-order valence-corrected chi connectivity index (χ4v) is 3.63. The Morgan fingerprint density at radius 1 is 1.03 bits per heavy atom. The highest BCUT2D eigenvalue weighted by Crippen LogP contribution is 2.26. The van der Waals surface area contributed by atoms with Crippen LogP contribution in [-0.4, -0.2) is 54.3 Å². The van der Waals surface area contributed by atoms with Crippen molar-refractivity contribution in [2.75, 3.05) is 33.8 Å². The summed E-state index contributed by atoms with van der Waals surface area (Å²) in [7, 11) is -0.279. The second-order valence-corrected chi connectivity index (χ2v) is 8.44. The van der Waals surface area contributed by atoms with E-state index in [1.54, 1.807) is 38.4 Å². The zero-order valence-corrected chi connectivity index (χ0v) is 18.6. The highest BCUT2D eigenvalue weighted by atomic mass is 32.2. The van der Waals surface area contributed by atoms with Gasteiger partial charge in [0.1, 0.15) is 6.10 Å². The van der Waals surface area contributed by atoms with Crippen molar-refractivity contribution < 1.29 is 17.9 Å². The Hall–Kier alpha value is -2.78. The van der Waals surface area contributed by atoms with Gasteiger partial charge in [-0.25, -0.2) is 13.1 Å². The SMILES string of the molecule is CN=C(NCCNS(=O)(=O)c1ccc(C)cc1)NCC(C)Oc1ccccc1OC. The number of methoxy groups -OCH3 is 1. The first-order chi connectivity index (χ1) is 14.4. The maximum atomic E-state index is 12.3. The number of aliphatic imine (C=N–C) groups is 1. The lowest BCUT2D eigenvalue weighted by molar-refractivity contribution is 0.213. The van der Waals surface area contributed by atoms with E-state index in [-0.39, 0.29) is 17.5 Å². The maximum absolute atomic E-state index is 12.3. The third kappa shape index (κ3) is 7.23. The summed E-state index contributed by atoms with van der Waals surface area (Å²) in [5, 5.41) is 6.23. The molecule has 2 rings (SSSR count). The molecule has 3 N–H and O–H groups in total. The van der Waals surface area contributed by atoms with Gasteiger partial charge in [-0.15, -0.1) is 0 Å². The summed E-state index contributed by atoms with van der Waals surface area (Å²) >= 11 is 0. The van der Waals surface area contributed by atoms with Gasteiger partial charge in [0, 0.05) is 20.1 Å². The molecule has 30 heavy (non-hydrogen) atoms. The summed E-state index contributed by atoms with van der Waals surface area (Å²) < 4.78 is 38.3. The Kier molecular flexibility index (Phi) is 8.94. The van der Waals surface area contributed by atoms with Gasteiger partial charge in [-0.05, 0) is 38.1 Å². The van der Waals surface area contributed by atoms with Crippen LogP contribution in [0.25, 0.3) is 0 Å². The van der Waals surface area contributed by atoms with Crippen LogP contribution >= 0.6 is 0 Å². The van der Waals surface area contributed by atoms with E-state index in [0.717, 1.165) is 5.56 Å².